The summed E-state index contributed by atoms with van der Waals surface area (Å²) in [6.07, 6.45) is 4.03. The smallest absolute Gasteiger partial charge is 0.0648 e. The van der Waals surface area contributed by atoms with Crippen LogP contribution in [-0.4, -0.2) is 26.4 Å². The zero-order chi connectivity index (χ0) is 10.8. The molecule has 0 amide bonds. The minimum atomic E-state index is 0.612. The summed E-state index contributed by atoms with van der Waals surface area (Å²) in [7, 11) is 0. The van der Waals surface area contributed by atoms with Crippen molar-refractivity contribution in [2.24, 2.45) is 11.8 Å². The maximum Gasteiger partial charge on any atom is 0.0648 e. The van der Waals surface area contributed by atoms with Gasteiger partial charge in [-0.2, -0.15) is 0 Å². The second-order valence-electron chi connectivity index (χ2n) is 4.33. The van der Waals surface area contributed by atoms with Gasteiger partial charge < -0.3 is 9.47 Å². The van der Waals surface area contributed by atoms with E-state index in [4.69, 9.17) is 9.47 Å². The molecule has 0 aliphatic rings. The Hall–Kier alpha value is -0.340. The molecule has 0 aliphatic carbocycles. The van der Waals surface area contributed by atoms with E-state index in [0.717, 1.165) is 13.2 Å². The molecule has 0 aliphatic heterocycles. The Balaban J connectivity index is 3.12. The normalized spacial score (nSPS) is 12.1. The van der Waals surface area contributed by atoms with Crippen molar-refractivity contribution in [3.8, 4) is 0 Å². The van der Waals surface area contributed by atoms with Crippen LogP contribution in [0.5, 0.6) is 0 Å². The van der Waals surface area contributed by atoms with Crippen molar-refractivity contribution in [1.29, 1.82) is 0 Å². The SMILES string of the molecule is CC(C)COC/C=C/COCC(C)C. The predicted molar refractivity (Wildman–Crippen MR) is 60.5 cm³/mol. The first kappa shape index (κ1) is 13.7. The Bertz CT molecular complexity index is 123. The summed E-state index contributed by atoms with van der Waals surface area (Å²) in [6.45, 7) is 11.6. The molecule has 14 heavy (non-hydrogen) atoms. The van der Waals surface area contributed by atoms with E-state index in [-0.39, 0.29) is 0 Å². The van der Waals surface area contributed by atoms with Gasteiger partial charge >= 0.3 is 0 Å². The lowest BCUT2D eigenvalue weighted by molar-refractivity contribution is 0.127. The fraction of sp³-hybridized carbons (Fsp3) is 0.833. The van der Waals surface area contributed by atoms with Gasteiger partial charge in [-0.1, -0.05) is 39.8 Å². The Morgan fingerprint density at radius 1 is 0.786 bits per heavy atom. The lowest BCUT2D eigenvalue weighted by Crippen LogP contribution is -2.03. The Labute approximate surface area is 88.3 Å². The summed E-state index contributed by atoms with van der Waals surface area (Å²) in [5.41, 5.74) is 0. The van der Waals surface area contributed by atoms with Gasteiger partial charge in [0.25, 0.3) is 0 Å². The molecule has 0 saturated heterocycles. The van der Waals surface area contributed by atoms with E-state index in [9.17, 15) is 0 Å². The molecule has 0 atom stereocenters. The van der Waals surface area contributed by atoms with Gasteiger partial charge in [-0.15, -0.1) is 0 Å². The number of rotatable bonds is 8. The first-order valence-corrected chi connectivity index (χ1v) is 5.43. The molecular formula is C12H24O2. The average molecular weight is 200 g/mol. The zero-order valence-electron chi connectivity index (χ0n) is 9.95. The van der Waals surface area contributed by atoms with Crippen molar-refractivity contribution in [3.05, 3.63) is 12.2 Å². The Morgan fingerprint density at radius 3 is 1.43 bits per heavy atom. The van der Waals surface area contributed by atoms with Gasteiger partial charge in [-0.05, 0) is 11.8 Å². The molecule has 0 aromatic carbocycles. The highest BCUT2D eigenvalue weighted by Crippen LogP contribution is 1.93. The van der Waals surface area contributed by atoms with Crippen LogP contribution in [0.15, 0.2) is 12.2 Å². The van der Waals surface area contributed by atoms with E-state index in [1.54, 1.807) is 0 Å². The molecule has 0 spiro atoms. The molecule has 0 aromatic rings. The lowest BCUT2D eigenvalue weighted by Gasteiger charge is -2.04. The van der Waals surface area contributed by atoms with Crippen molar-refractivity contribution < 1.29 is 9.47 Å². The van der Waals surface area contributed by atoms with Crippen LogP contribution in [0.1, 0.15) is 27.7 Å². The number of hydrogen-bond donors (Lipinski definition) is 0. The van der Waals surface area contributed by atoms with Gasteiger partial charge in [-0.3, -0.25) is 0 Å². The monoisotopic (exact) mass is 200 g/mol. The molecule has 0 N–H and O–H groups in total. The van der Waals surface area contributed by atoms with E-state index in [2.05, 4.69) is 27.7 Å². The van der Waals surface area contributed by atoms with E-state index in [1.807, 2.05) is 12.2 Å². The molecule has 0 bridgehead atoms. The fourth-order valence-corrected chi connectivity index (χ4v) is 0.880. The second-order valence-corrected chi connectivity index (χ2v) is 4.33. The minimum absolute atomic E-state index is 0.612. The molecule has 0 heterocycles. The highest BCUT2D eigenvalue weighted by molar-refractivity contribution is 4.81. The summed E-state index contributed by atoms with van der Waals surface area (Å²) in [5.74, 6) is 1.22. The Morgan fingerprint density at radius 2 is 1.14 bits per heavy atom. The third-order valence-corrected chi connectivity index (χ3v) is 1.50. The van der Waals surface area contributed by atoms with Gasteiger partial charge in [-0.25, -0.2) is 0 Å². The molecule has 0 aromatic heterocycles. The summed E-state index contributed by atoms with van der Waals surface area (Å²) < 4.78 is 10.8. The maximum atomic E-state index is 5.38. The first-order valence-electron chi connectivity index (χ1n) is 5.43. The lowest BCUT2D eigenvalue weighted by atomic mass is 10.2. The van der Waals surface area contributed by atoms with Crippen LogP contribution in [0, 0.1) is 11.8 Å². The fourth-order valence-electron chi connectivity index (χ4n) is 0.880. The molecule has 0 unspecified atom stereocenters. The van der Waals surface area contributed by atoms with E-state index in [1.165, 1.54) is 0 Å². The van der Waals surface area contributed by atoms with Crippen molar-refractivity contribution in [3.63, 3.8) is 0 Å². The van der Waals surface area contributed by atoms with Crippen LogP contribution in [0.4, 0.5) is 0 Å². The minimum Gasteiger partial charge on any atom is -0.377 e. The summed E-state index contributed by atoms with van der Waals surface area (Å²) in [6, 6.07) is 0. The quantitative estimate of drug-likeness (QED) is 0.443. The van der Waals surface area contributed by atoms with E-state index < -0.39 is 0 Å². The highest BCUT2D eigenvalue weighted by atomic mass is 16.5. The molecule has 0 fully saturated rings. The van der Waals surface area contributed by atoms with Crippen LogP contribution in [0.2, 0.25) is 0 Å². The van der Waals surface area contributed by atoms with Gasteiger partial charge in [0.1, 0.15) is 0 Å². The summed E-state index contributed by atoms with van der Waals surface area (Å²) in [5, 5.41) is 0. The predicted octanol–water partition coefficient (Wildman–Crippen LogP) is 2.89. The largest absolute Gasteiger partial charge is 0.377 e. The molecule has 84 valence electrons. The van der Waals surface area contributed by atoms with Gasteiger partial charge in [0.2, 0.25) is 0 Å². The van der Waals surface area contributed by atoms with Crippen molar-refractivity contribution in [1.82, 2.24) is 0 Å². The van der Waals surface area contributed by atoms with Crippen LogP contribution >= 0.6 is 0 Å². The number of hydrogen-bond acceptors (Lipinski definition) is 2. The van der Waals surface area contributed by atoms with Crippen molar-refractivity contribution in [2.45, 2.75) is 27.7 Å². The van der Waals surface area contributed by atoms with Crippen molar-refractivity contribution >= 4 is 0 Å². The third-order valence-electron chi connectivity index (χ3n) is 1.50. The Kier molecular flexibility index (Phi) is 9.00. The second kappa shape index (κ2) is 9.22. The molecule has 0 saturated carbocycles. The molecule has 2 nitrogen and oxygen atoms in total. The molecule has 0 rings (SSSR count). The highest BCUT2D eigenvalue weighted by Gasteiger charge is 1.91. The van der Waals surface area contributed by atoms with E-state index >= 15 is 0 Å². The van der Waals surface area contributed by atoms with Gasteiger partial charge in [0, 0.05) is 13.2 Å². The third kappa shape index (κ3) is 11.7. The molecular weight excluding hydrogens is 176 g/mol. The first-order chi connectivity index (χ1) is 6.63. The van der Waals surface area contributed by atoms with Crippen LogP contribution in [0.25, 0.3) is 0 Å². The van der Waals surface area contributed by atoms with Gasteiger partial charge in [0.15, 0.2) is 0 Å². The summed E-state index contributed by atoms with van der Waals surface area (Å²) in [4.78, 5) is 0. The zero-order valence-corrected chi connectivity index (χ0v) is 9.95. The number of ether oxygens (including phenoxy) is 2. The van der Waals surface area contributed by atoms with Crippen LogP contribution in [-0.2, 0) is 9.47 Å². The standard InChI is InChI=1S/C12H24O2/c1-11(2)9-13-7-5-6-8-14-10-12(3)4/h5-6,11-12H,7-10H2,1-4H3/b6-5+. The topological polar surface area (TPSA) is 18.5 Å². The van der Waals surface area contributed by atoms with Gasteiger partial charge in [0.05, 0.1) is 13.2 Å². The van der Waals surface area contributed by atoms with E-state index in [0.29, 0.717) is 25.0 Å². The maximum absolute atomic E-state index is 5.38. The van der Waals surface area contributed by atoms with Crippen LogP contribution in [0.3, 0.4) is 0 Å². The molecule has 2 heteroatoms. The average Bonchev–Trinajstić information content (AvgIpc) is 2.08. The van der Waals surface area contributed by atoms with Crippen molar-refractivity contribution in [2.75, 3.05) is 26.4 Å². The summed E-state index contributed by atoms with van der Waals surface area (Å²) >= 11 is 0. The molecule has 0 radical (unpaired) electrons. The van der Waals surface area contributed by atoms with Crippen LogP contribution < -0.4 is 0 Å².